The van der Waals surface area contributed by atoms with Crippen molar-refractivity contribution in [3.63, 3.8) is 0 Å². The average molecular weight is 654 g/mol. The molecule has 6 rings (SSSR count). The summed E-state index contributed by atoms with van der Waals surface area (Å²) in [5.41, 5.74) is 9.21. The van der Waals surface area contributed by atoms with E-state index >= 15 is 0 Å². The molecule has 2 atom stereocenters. The smallest absolute Gasteiger partial charge is 0.343 e. The molecule has 12 heteroatoms. The molecular weight excluding hydrogens is 614 g/mol. The third-order valence-electron chi connectivity index (χ3n) is 9.10. The molecule has 12 nitrogen and oxygen atoms in total. The van der Waals surface area contributed by atoms with Gasteiger partial charge in [0.1, 0.15) is 12.4 Å². The third-order valence-corrected chi connectivity index (χ3v) is 9.10. The van der Waals surface area contributed by atoms with Crippen molar-refractivity contribution in [2.45, 2.75) is 64.3 Å². The number of nitrogens with two attached hydrogens (primary N) is 1. The lowest BCUT2D eigenvalue weighted by atomic mass is 9.86. The molecule has 4 aromatic rings. The molecule has 0 radical (unpaired) electrons. The Bertz CT molecular complexity index is 1960. The molecule has 2 aliphatic rings. The Labute approximate surface area is 277 Å². The number of pyridine rings is 2. The Hall–Kier alpha value is -5.07. The van der Waals surface area contributed by atoms with Gasteiger partial charge in [0.25, 0.3) is 5.56 Å². The monoisotopic (exact) mass is 653 g/mol. The van der Waals surface area contributed by atoms with Gasteiger partial charge in [-0.2, -0.15) is 0 Å². The zero-order valence-corrected chi connectivity index (χ0v) is 27.0. The van der Waals surface area contributed by atoms with Gasteiger partial charge in [-0.15, -0.1) is 0 Å². The fraction of sp³-hybridized carbons (Fsp3) is 0.361. The normalized spacial score (nSPS) is 16.8. The van der Waals surface area contributed by atoms with E-state index in [2.05, 4.69) is 17.6 Å². The van der Waals surface area contributed by atoms with Gasteiger partial charge in [0.05, 0.1) is 48.2 Å². The second-order valence-corrected chi connectivity index (χ2v) is 12.1. The molecule has 0 fully saturated rings. The average Bonchev–Trinajstić information content (AvgIpc) is 3.46. The number of hydrogen-bond acceptors (Lipinski definition) is 9. The van der Waals surface area contributed by atoms with Crippen LogP contribution in [0.3, 0.4) is 0 Å². The predicted molar refractivity (Wildman–Crippen MR) is 178 cm³/mol. The molecule has 5 N–H and O–H groups in total. The van der Waals surface area contributed by atoms with Crippen molar-refractivity contribution in [1.82, 2.24) is 20.2 Å². The summed E-state index contributed by atoms with van der Waals surface area (Å²) in [4.78, 5) is 55.6. The molecule has 2 aromatic carbocycles. The summed E-state index contributed by atoms with van der Waals surface area (Å²) in [6, 6.07) is 16.1. The van der Waals surface area contributed by atoms with Crippen LogP contribution in [-0.4, -0.2) is 58.2 Å². The van der Waals surface area contributed by atoms with Gasteiger partial charge in [-0.05, 0) is 55.0 Å². The van der Waals surface area contributed by atoms with Crippen molar-refractivity contribution >= 4 is 28.7 Å². The van der Waals surface area contributed by atoms with Crippen LogP contribution in [0.5, 0.6) is 5.75 Å². The first-order valence-electron chi connectivity index (χ1n) is 16.2. The molecule has 2 aromatic heterocycles. The van der Waals surface area contributed by atoms with Crippen molar-refractivity contribution in [2.24, 2.45) is 5.73 Å². The van der Waals surface area contributed by atoms with Gasteiger partial charge in [-0.3, -0.25) is 14.4 Å². The number of rotatable bonds is 12. The zero-order chi connectivity index (χ0) is 34.0. The Morgan fingerprint density at radius 2 is 1.90 bits per heavy atom. The van der Waals surface area contributed by atoms with Crippen LogP contribution in [0.2, 0.25) is 0 Å². The number of carbonyl (C=O) groups is 3. The van der Waals surface area contributed by atoms with Crippen LogP contribution >= 0.6 is 0 Å². The number of nitrogens with zero attached hydrogens (tertiary/aromatic N) is 2. The molecule has 2 aliphatic heterocycles. The number of fused-ring (bicyclic) bond motifs is 5. The van der Waals surface area contributed by atoms with E-state index in [4.69, 9.17) is 20.2 Å². The van der Waals surface area contributed by atoms with E-state index in [9.17, 15) is 24.3 Å². The second-order valence-electron chi connectivity index (χ2n) is 12.1. The van der Waals surface area contributed by atoms with Gasteiger partial charge in [-0.25, -0.2) is 9.78 Å². The Balaban J connectivity index is 1.08. The third kappa shape index (κ3) is 6.16. The van der Waals surface area contributed by atoms with Crippen LogP contribution in [0.1, 0.15) is 54.5 Å². The molecule has 0 spiro atoms. The van der Waals surface area contributed by atoms with E-state index in [1.165, 1.54) is 0 Å². The quantitative estimate of drug-likeness (QED) is 0.116. The van der Waals surface area contributed by atoms with E-state index in [-0.39, 0.29) is 48.1 Å². The first kappa shape index (κ1) is 32.9. The highest BCUT2D eigenvalue weighted by atomic mass is 16.6. The minimum atomic E-state index is -1.89. The summed E-state index contributed by atoms with van der Waals surface area (Å²) in [7, 11) is 0. The number of ether oxygens (including phenoxy) is 2. The van der Waals surface area contributed by atoms with E-state index in [0.717, 1.165) is 22.1 Å². The lowest BCUT2D eigenvalue weighted by Gasteiger charge is -2.31. The van der Waals surface area contributed by atoms with Crippen molar-refractivity contribution in [3.05, 3.63) is 92.8 Å². The minimum Gasteiger partial charge on any atom is -0.493 e. The molecule has 4 heterocycles. The van der Waals surface area contributed by atoms with Crippen LogP contribution in [0.4, 0.5) is 0 Å². The van der Waals surface area contributed by atoms with Crippen LogP contribution in [0, 0.1) is 0 Å². The number of aryl methyl sites for hydroxylation is 1. The van der Waals surface area contributed by atoms with Crippen molar-refractivity contribution in [3.8, 4) is 17.1 Å². The van der Waals surface area contributed by atoms with Gasteiger partial charge in [0, 0.05) is 29.1 Å². The molecule has 0 unspecified atom stereocenters. The van der Waals surface area contributed by atoms with Crippen LogP contribution in [0.15, 0.2) is 59.4 Å². The summed E-state index contributed by atoms with van der Waals surface area (Å²) in [6.07, 6.45) is 1.70. The van der Waals surface area contributed by atoms with Crippen LogP contribution in [-0.2, 0) is 50.7 Å². The van der Waals surface area contributed by atoms with Crippen molar-refractivity contribution in [1.29, 1.82) is 0 Å². The number of esters is 1. The van der Waals surface area contributed by atoms with Gasteiger partial charge < -0.3 is 35.5 Å². The predicted octanol–water partition coefficient (Wildman–Crippen LogP) is 2.21. The second kappa shape index (κ2) is 13.6. The molecule has 250 valence electrons. The summed E-state index contributed by atoms with van der Waals surface area (Å²) in [5.74, 6) is -0.859. The highest BCUT2D eigenvalue weighted by molar-refractivity contribution is 5.90. The van der Waals surface area contributed by atoms with Gasteiger partial charge in [-0.1, -0.05) is 44.2 Å². The Kier molecular flexibility index (Phi) is 9.29. The number of aliphatic hydroxyl groups is 1. The van der Waals surface area contributed by atoms with E-state index in [1.54, 1.807) is 17.6 Å². The summed E-state index contributed by atoms with van der Waals surface area (Å²) >= 11 is 0. The Morgan fingerprint density at radius 3 is 2.65 bits per heavy atom. The number of amides is 2. The molecule has 0 saturated heterocycles. The first-order valence-corrected chi connectivity index (χ1v) is 16.2. The van der Waals surface area contributed by atoms with E-state index in [0.29, 0.717) is 61.6 Å². The molecule has 48 heavy (non-hydrogen) atoms. The summed E-state index contributed by atoms with van der Waals surface area (Å²) in [5, 5.41) is 17.5. The number of hydrogen-bond donors (Lipinski definition) is 4. The lowest BCUT2D eigenvalue weighted by molar-refractivity contribution is -0.172. The number of benzene rings is 2. The fourth-order valence-corrected chi connectivity index (χ4v) is 6.45. The van der Waals surface area contributed by atoms with Crippen LogP contribution < -0.4 is 26.7 Å². The number of aromatic nitrogens is 2. The lowest BCUT2D eigenvalue weighted by Crippen LogP contribution is -2.46. The van der Waals surface area contributed by atoms with E-state index < -0.39 is 17.6 Å². The maximum Gasteiger partial charge on any atom is 0.343 e. The maximum absolute atomic E-state index is 13.6. The van der Waals surface area contributed by atoms with Crippen LogP contribution in [0.25, 0.3) is 22.3 Å². The molecule has 0 aliphatic carbocycles. The van der Waals surface area contributed by atoms with E-state index in [1.807, 2.05) is 48.5 Å². The van der Waals surface area contributed by atoms with Gasteiger partial charge in [0.2, 0.25) is 11.8 Å². The highest BCUT2D eigenvalue weighted by Gasteiger charge is 2.45. The van der Waals surface area contributed by atoms with Gasteiger partial charge in [0.15, 0.2) is 5.60 Å². The first-order chi connectivity index (χ1) is 23.1. The standard InChI is InChI=1S/C36H39N5O7/c1-3-23-24-12-11-22(47-14-8-13-38-31(42)18-39-33(43)28(37)15-21-9-6-5-7-10-21)16-29(24)40-32-25(23)19-41-30(32)17-27-26(34(41)44)20-48-35(45)36(27,46)4-2/h5-7,9-12,16-17,28,46H,3-4,8,13-15,18-20,37H2,1-2H3,(H,38,42)(H,39,43)/t28-,36-/m0/s1. The summed E-state index contributed by atoms with van der Waals surface area (Å²) < 4.78 is 12.8. The zero-order valence-electron chi connectivity index (χ0n) is 27.0. The molecular formula is C36H39N5O7. The highest BCUT2D eigenvalue weighted by Crippen LogP contribution is 2.40. The molecule has 2 amide bonds. The largest absolute Gasteiger partial charge is 0.493 e. The topological polar surface area (TPSA) is 175 Å². The molecule has 0 saturated carbocycles. The summed E-state index contributed by atoms with van der Waals surface area (Å²) in [6.45, 7) is 4.43. The van der Waals surface area contributed by atoms with Crippen molar-refractivity contribution in [2.75, 3.05) is 19.7 Å². The number of cyclic esters (lactones) is 1. The SMILES string of the molecule is CCc1c2c(nc3cc(OCCCNC(=O)CNC(=O)[C@@H](N)Cc4ccccc4)ccc13)-c1cc3c(c(=O)n1C2)COC(=O)[C@]3(O)CC. The number of carbonyl (C=O) groups excluding carboxylic acids is 3. The maximum atomic E-state index is 13.6. The van der Waals surface area contributed by atoms with Gasteiger partial charge >= 0.3 is 5.97 Å². The fourth-order valence-electron chi connectivity index (χ4n) is 6.45. The Morgan fingerprint density at radius 1 is 1.10 bits per heavy atom. The molecule has 0 bridgehead atoms. The van der Waals surface area contributed by atoms with Crippen molar-refractivity contribution < 1.29 is 29.0 Å². The minimum absolute atomic E-state index is 0.0742. The number of nitrogens with one attached hydrogen (secondary N) is 2.